The molecule has 0 spiro atoms. The Hall–Kier alpha value is -6.71. The summed E-state index contributed by atoms with van der Waals surface area (Å²) in [6.07, 6.45) is 3.89. The highest BCUT2D eigenvalue weighted by Crippen LogP contribution is 2.49. The SMILES string of the molecule is CC1(C)c2ccccc2-c2ccc(-n3c4ccccc4c4ccc(-c5ccc6c(c5)c5ccncc5n6-c5ccc(-c6ccccc6)cc5)cc43)cc21. The largest absolute Gasteiger partial charge is 0.309 e. The first-order valence-corrected chi connectivity index (χ1v) is 18.4. The maximum atomic E-state index is 4.55. The minimum absolute atomic E-state index is 0.0695. The Kier molecular flexibility index (Phi) is 6.30. The summed E-state index contributed by atoms with van der Waals surface area (Å²) in [6, 6.07) is 60.2. The van der Waals surface area contributed by atoms with Crippen molar-refractivity contribution in [3.8, 4) is 44.8 Å². The fourth-order valence-corrected chi connectivity index (χ4v) is 9.02. The lowest BCUT2D eigenvalue weighted by molar-refractivity contribution is 0.660. The van der Waals surface area contributed by atoms with Gasteiger partial charge in [-0.05, 0) is 99.1 Å². The molecule has 3 heterocycles. The summed E-state index contributed by atoms with van der Waals surface area (Å²) in [5, 5.41) is 4.94. The van der Waals surface area contributed by atoms with Crippen LogP contribution in [0.4, 0.5) is 0 Å². The standard InChI is InChI=1S/C50H35N3/c1-50(2)44-14-8-6-12-38(44)39-24-22-37(30-45(39)50)53-46-15-9-7-13-40(46)41-23-18-35(29-48(41)53)34-19-25-47-43(28-34)42-26-27-51-31-49(42)52(47)36-20-16-33(17-21-36)32-10-4-3-5-11-32/h3-31H,1-2H3. The summed E-state index contributed by atoms with van der Waals surface area (Å²) < 4.78 is 4.80. The molecule has 250 valence electrons. The molecule has 1 aliphatic rings. The summed E-state index contributed by atoms with van der Waals surface area (Å²) in [6.45, 7) is 4.71. The number of aromatic nitrogens is 3. The van der Waals surface area contributed by atoms with E-state index in [0.29, 0.717) is 0 Å². The highest BCUT2D eigenvalue weighted by Gasteiger charge is 2.35. The quantitative estimate of drug-likeness (QED) is 0.182. The van der Waals surface area contributed by atoms with E-state index in [1.807, 2.05) is 12.4 Å². The molecule has 0 bridgehead atoms. The Balaban J connectivity index is 1.07. The molecule has 3 aromatic heterocycles. The van der Waals surface area contributed by atoms with Gasteiger partial charge in [0.25, 0.3) is 0 Å². The molecule has 0 unspecified atom stereocenters. The predicted molar refractivity (Wildman–Crippen MR) is 221 cm³/mol. The molecule has 7 aromatic carbocycles. The topological polar surface area (TPSA) is 22.8 Å². The number of nitrogens with zero attached hydrogens (tertiary/aromatic N) is 3. The van der Waals surface area contributed by atoms with E-state index in [-0.39, 0.29) is 5.41 Å². The number of fused-ring (bicyclic) bond motifs is 9. The van der Waals surface area contributed by atoms with Crippen LogP contribution >= 0.6 is 0 Å². The first-order valence-electron chi connectivity index (χ1n) is 18.4. The van der Waals surface area contributed by atoms with Gasteiger partial charge in [-0.15, -0.1) is 0 Å². The lowest BCUT2D eigenvalue weighted by Gasteiger charge is -2.22. The van der Waals surface area contributed by atoms with E-state index in [1.165, 1.54) is 88.3 Å². The second-order valence-corrected chi connectivity index (χ2v) is 14.9. The third-order valence-electron chi connectivity index (χ3n) is 11.6. The third kappa shape index (κ3) is 4.37. The summed E-state index contributed by atoms with van der Waals surface area (Å²) in [4.78, 5) is 4.55. The van der Waals surface area contributed by atoms with Gasteiger partial charge in [-0.1, -0.05) is 123 Å². The molecule has 0 saturated heterocycles. The minimum atomic E-state index is -0.0695. The van der Waals surface area contributed by atoms with Crippen molar-refractivity contribution in [2.75, 3.05) is 0 Å². The van der Waals surface area contributed by atoms with E-state index in [2.05, 4.69) is 192 Å². The zero-order valence-corrected chi connectivity index (χ0v) is 29.6. The minimum Gasteiger partial charge on any atom is -0.309 e. The second kappa shape index (κ2) is 11.1. The molecule has 11 rings (SSSR count). The van der Waals surface area contributed by atoms with Crippen molar-refractivity contribution >= 4 is 43.6 Å². The van der Waals surface area contributed by atoms with Crippen LogP contribution < -0.4 is 0 Å². The van der Waals surface area contributed by atoms with Gasteiger partial charge in [-0.25, -0.2) is 0 Å². The van der Waals surface area contributed by atoms with E-state index in [9.17, 15) is 0 Å². The molecule has 10 aromatic rings. The van der Waals surface area contributed by atoms with Crippen molar-refractivity contribution < 1.29 is 0 Å². The van der Waals surface area contributed by atoms with Gasteiger partial charge in [0.1, 0.15) is 0 Å². The van der Waals surface area contributed by atoms with Gasteiger partial charge in [0.15, 0.2) is 0 Å². The van der Waals surface area contributed by atoms with Crippen LogP contribution in [0.15, 0.2) is 176 Å². The van der Waals surface area contributed by atoms with Gasteiger partial charge in [0, 0.05) is 44.5 Å². The Morgan fingerprint density at radius 3 is 1.91 bits per heavy atom. The van der Waals surface area contributed by atoms with Crippen LogP contribution in [0.1, 0.15) is 25.0 Å². The molecule has 3 nitrogen and oxygen atoms in total. The highest BCUT2D eigenvalue weighted by atomic mass is 15.0. The molecular formula is C50H35N3. The van der Waals surface area contributed by atoms with Gasteiger partial charge >= 0.3 is 0 Å². The van der Waals surface area contributed by atoms with Crippen LogP contribution in [-0.2, 0) is 5.41 Å². The van der Waals surface area contributed by atoms with Crippen molar-refractivity contribution in [1.29, 1.82) is 0 Å². The Labute approximate surface area is 308 Å². The van der Waals surface area contributed by atoms with E-state index in [0.717, 1.165) is 11.2 Å². The average Bonchev–Trinajstić information content (AvgIpc) is 3.81. The Morgan fingerprint density at radius 2 is 1.02 bits per heavy atom. The molecular weight excluding hydrogens is 643 g/mol. The van der Waals surface area contributed by atoms with Crippen molar-refractivity contribution in [2.45, 2.75) is 19.3 Å². The summed E-state index contributed by atoms with van der Waals surface area (Å²) in [5.41, 5.74) is 17.2. The first-order chi connectivity index (χ1) is 26.0. The van der Waals surface area contributed by atoms with E-state index in [1.54, 1.807) is 0 Å². The lowest BCUT2D eigenvalue weighted by atomic mass is 9.82. The molecule has 0 fully saturated rings. The van der Waals surface area contributed by atoms with Crippen LogP contribution in [0.5, 0.6) is 0 Å². The molecule has 0 aliphatic heterocycles. The van der Waals surface area contributed by atoms with Crippen LogP contribution in [-0.4, -0.2) is 14.1 Å². The monoisotopic (exact) mass is 677 g/mol. The molecule has 53 heavy (non-hydrogen) atoms. The molecule has 0 radical (unpaired) electrons. The molecule has 0 amide bonds. The van der Waals surface area contributed by atoms with Gasteiger partial charge < -0.3 is 9.13 Å². The van der Waals surface area contributed by atoms with E-state index >= 15 is 0 Å². The highest BCUT2D eigenvalue weighted by molar-refractivity contribution is 6.12. The van der Waals surface area contributed by atoms with Crippen LogP contribution in [0.3, 0.4) is 0 Å². The van der Waals surface area contributed by atoms with E-state index in [4.69, 9.17) is 0 Å². The fraction of sp³-hybridized carbons (Fsp3) is 0.0600. The normalized spacial score (nSPS) is 13.2. The zero-order chi connectivity index (χ0) is 35.3. The molecule has 0 N–H and O–H groups in total. The third-order valence-corrected chi connectivity index (χ3v) is 11.6. The zero-order valence-electron chi connectivity index (χ0n) is 29.6. The molecule has 1 aliphatic carbocycles. The van der Waals surface area contributed by atoms with Gasteiger partial charge in [0.2, 0.25) is 0 Å². The van der Waals surface area contributed by atoms with Crippen molar-refractivity contribution in [1.82, 2.24) is 14.1 Å². The average molecular weight is 678 g/mol. The Bertz CT molecular complexity index is 3070. The maximum absolute atomic E-state index is 4.55. The van der Waals surface area contributed by atoms with E-state index < -0.39 is 0 Å². The predicted octanol–water partition coefficient (Wildman–Crippen LogP) is 12.9. The van der Waals surface area contributed by atoms with Crippen molar-refractivity contribution in [2.24, 2.45) is 0 Å². The summed E-state index contributed by atoms with van der Waals surface area (Å²) in [5.74, 6) is 0. The molecule has 0 atom stereocenters. The molecule has 0 saturated carbocycles. The molecule has 3 heteroatoms. The van der Waals surface area contributed by atoms with Crippen molar-refractivity contribution in [3.63, 3.8) is 0 Å². The number of hydrogen-bond donors (Lipinski definition) is 0. The Morgan fingerprint density at radius 1 is 0.396 bits per heavy atom. The smallest absolute Gasteiger partial charge is 0.0724 e. The summed E-state index contributed by atoms with van der Waals surface area (Å²) >= 11 is 0. The van der Waals surface area contributed by atoms with Crippen molar-refractivity contribution in [3.05, 3.63) is 187 Å². The number of rotatable bonds is 4. The van der Waals surface area contributed by atoms with Crippen LogP contribution in [0.25, 0.3) is 88.4 Å². The lowest BCUT2D eigenvalue weighted by Crippen LogP contribution is -2.15. The summed E-state index contributed by atoms with van der Waals surface area (Å²) in [7, 11) is 0. The van der Waals surface area contributed by atoms with Gasteiger partial charge in [0.05, 0.1) is 28.3 Å². The number of para-hydroxylation sites is 1. The first kappa shape index (κ1) is 30.0. The van der Waals surface area contributed by atoms with Crippen LogP contribution in [0, 0.1) is 0 Å². The fourth-order valence-electron chi connectivity index (χ4n) is 9.02. The second-order valence-electron chi connectivity index (χ2n) is 14.9. The number of benzene rings is 7. The maximum Gasteiger partial charge on any atom is 0.0724 e. The number of pyridine rings is 1. The van der Waals surface area contributed by atoms with Crippen LogP contribution in [0.2, 0.25) is 0 Å². The number of hydrogen-bond acceptors (Lipinski definition) is 1. The van der Waals surface area contributed by atoms with Gasteiger partial charge in [-0.2, -0.15) is 0 Å². The van der Waals surface area contributed by atoms with Gasteiger partial charge in [-0.3, -0.25) is 4.98 Å².